The van der Waals surface area contributed by atoms with Crippen LogP contribution in [0.5, 0.6) is 0 Å². The second kappa shape index (κ2) is 5.54. The summed E-state index contributed by atoms with van der Waals surface area (Å²) in [6, 6.07) is 18.7. The van der Waals surface area contributed by atoms with E-state index in [4.69, 9.17) is 10.7 Å². The number of rotatable bonds is 3. The molecule has 0 unspecified atom stereocenters. The Kier molecular flexibility index (Phi) is 3.59. The third-order valence-electron chi connectivity index (χ3n) is 3.78. The summed E-state index contributed by atoms with van der Waals surface area (Å²) in [6.07, 6.45) is 0. The normalized spacial score (nSPS) is 10.8. The number of benzene rings is 2. The second-order valence-corrected chi connectivity index (χ2v) is 5.21. The largest absolute Gasteiger partial charge is 0.329 e. The third kappa shape index (κ3) is 2.48. The zero-order valence-electron chi connectivity index (χ0n) is 12.4. The Balaban J connectivity index is 2.21. The number of aromatic nitrogens is 1. The molecule has 2 N–H and O–H groups in total. The second-order valence-electron chi connectivity index (χ2n) is 5.21. The lowest BCUT2D eigenvalue weighted by Gasteiger charge is -2.22. The van der Waals surface area contributed by atoms with Gasteiger partial charge in [0, 0.05) is 24.7 Å². The molecular weight excluding hydrogens is 258 g/mol. The fourth-order valence-electron chi connectivity index (χ4n) is 2.65. The standard InChI is InChI=1S/C18H19N3/c1-13-7-3-6-10-17(13)21(2)18-16-9-5-4-8-14(16)11-15(12-19)20-18/h3-11H,12,19H2,1-2H3. The molecule has 0 bridgehead atoms. The van der Waals surface area contributed by atoms with Gasteiger partial charge in [0.2, 0.25) is 0 Å². The lowest BCUT2D eigenvalue weighted by atomic mass is 10.1. The maximum Gasteiger partial charge on any atom is 0.140 e. The van der Waals surface area contributed by atoms with Crippen LogP contribution in [0.4, 0.5) is 11.5 Å². The Morgan fingerprint density at radius 3 is 2.52 bits per heavy atom. The van der Waals surface area contributed by atoms with E-state index in [-0.39, 0.29) is 0 Å². The molecule has 0 radical (unpaired) electrons. The summed E-state index contributed by atoms with van der Waals surface area (Å²) in [6.45, 7) is 2.56. The minimum absolute atomic E-state index is 0.444. The van der Waals surface area contributed by atoms with Gasteiger partial charge in [0.1, 0.15) is 5.82 Å². The molecule has 0 amide bonds. The molecular formula is C18H19N3. The quantitative estimate of drug-likeness (QED) is 0.792. The lowest BCUT2D eigenvalue weighted by Crippen LogP contribution is -2.14. The van der Waals surface area contributed by atoms with Crippen molar-refractivity contribution in [3.8, 4) is 0 Å². The number of hydrogen-bond acceptors (Lipinski definition) is 3. The van der Waals surface area contributed by atoms with Gasteiger partial charge in [-0.25, -0.2) is 4.98 Å². The molecule has 3 aromatic rings. The van der Waals surface area contributed by atoms with Crippen LogP contribution in [-0.2, 0) is 6.54 Å². The zero-order chi connectivity index (χ0) is 14.8. The molecule has 0 aliphatic rings. The van der Waals surface area contributed by atoms with Crippen molar-refractivity contribution in [3.63, 3.8) is 0 Å². The number of aryl methyl sites for hydroxylation is 1. The Morgan fingerprint density at radius 2 is 1.76 bits per heavy atom. The van der Waals surface area contributed by atoms with E-state index >= 15 is 0 Å². The first-order valence-electron chi connectivity index (χ1n) is 7.09. The van der Waals surface area contributed by atoms with Crippen LogP contribution in [0, 0.1) is 6.92 Å². The van der Waals surface area contributed by atoms with Crippen molar-refractivity contribution < 1.29 is 0 Å². The highest BCUT2D eigenvalue weighted by atomic mass is 15.2. The number of fused-ring (bicyclic) bond motifs is 1. The molecule has 106 valence electrons. The minimum Gasteiger partial charge on any atom is -0.329 e. The van der Waals surface area contributed by atoms with Crippen molar-refractivity contribution >= 4 is 22.3 Å². The van der Waals surface area contributed by atoms with E-state index in [1.54, 1.807) is 0 Å². The van der Waals surface area contributed by atoms with Crippen LogP contribution in [0.1, 0.15) is 11.3 Å². The molecule has 0 saturated heterocycles. The van der Waals surface area contributed by atoms with Gasteiger partial charge in [0.15, 0.2) is 0 Å². The first-order chi connectivity index (χ1) is 10.2. The summed E-state index contributed by atoms with van der Waals surface area (Å²) in [5.41, 5.74) is 9.09. The molecule has 0 aliphatic carbocycles. The Morgan fingerprint density at radius 1 is 1.05 bits per heavy atom. The molecule has 1 aromatic heterocycles. The van der Waals surface area contributed by atoms with E-state index in [0.717, 1.165) is 22.6 Å². The van der Waals surface area contributed by atoms with Gasteiger partial charge in [-0.15, -0.1) is 0 Å². The maximum absolute atomic E-state index is 5.80. The van der Waals surface area contributed by atoms with Gasteiger partial charge in [-0.1, -0.05) is 42.5 Å². The molecule has 3 nitrogen and oxygen atoms in total. The smallest absolute Gasteiger partial charge is 0.140 e. The highest BCUT2D eigenvalue weighted by Crippen LogP contribution is 2.31. The first-order valence-corrected chi connectivity index (χ1v) is 7.09. The van der Waals surface area contributed by atoms with Crippen molar-refractivity contribution in [2.24, 2.45) is 5.73 Å². The SMILES string of the molecule is Cc1ccccc1N(C)c1nc(CN)cc2ccccc12. The molecule has 0 spiro atoms. The Labute approximate surface area is 125 Å². The van der Waals surface area contributed by atoms with E-state index in [2.05, 4.69) is 55.3 Å². The van der Waals surface area contributed by atoms with Crippen LogP contribution in [-0.4, -0.2) is 12.0 Å². The average molecular weight is 277 g/mol. The van der Waals surface area contributed by atoms with E-state index in [0.29, 0.717) is 6.54 Å². The molecule has 0 atom stereocenters. The predicted molar refractivity (Wildman–Crippen MR) is 88.9 cm³/mol. The van der Waals surface area contributed by atoms with Crippen LogP contribution >= 0.6 is 0 Å². The van der Waals surface area contributed by atoms with Crippen LogP contribution < -0.4 is 10.6 Å². The summed E-state index contributed by atoms with van der Waals surface area (Å²) in [5, 5.41) is 2.31. The topological polar surface area (TPSA) is 42.2 Å². The van der Waals surface area contributed by atoms with Gasteiger partial charge < -0.3 is 10.6 Å². The molecule has 0 saturated carbocycles. The predicted octanol–water partition coefficient (Wildman–Crippen LogP) is 3.77. The van der Waals surface area contributed by atoms with E-state index < -0.39 is 0 Å². The number of anilines is 2. The Bertz CT molecular complexity index is 780. The Hall–Kier alpha value is -2.39. The van der Waals surface area contributed by atoms with Gasteiger partial charge in [-0.3, -0.25) is 0 Å². The number of nitrogens with zero attached hydrogens (tertiary/aromatic N) is 2. The fourth-order valence-corrected chi connectivity index (χ4v) is 2.65. The molecule has 21 heavy (non-hydrogen) atoms. The zero-order valence-corrected chi connectivity index (χ0v) is 12.4. The maximum atomic E-state index is 5.80. The summed E-state index contributed by atoms with van der Waals surface area (Å²) in [7, 11) is 2.05. The summed E-state index contributed by atoms with van der Waals surface area (Å²) < 4.78 is 0. The number of para-hydroxylation sites is 1. The van der Waals surface area contributed by atoms with E-state index in [9.17, 15) is 0 Å². The monoisotopic (exact) mass is 277 g/mol. The molecule has 0 aliphatic heterocycles. The van der Waals surface area contributed by atoms with Crippen molar-refractivity contribution in [3.05, 3.63) is 65.9 Å². The third-order valence-corrected chi connectivity index (χ3v) is 3.78. The average Bonchev–Trinajstić information content (AvgIpc) is 2.53. The molecule has 2 aromatic carbocycles. The van der Waals surface area contributed by atoms with Gasteiger partial charge in [-0.2, -0.15) is 0 Å². The number of hydrogen-bond donors (Lipinski definition) is 1. The van der Waals surface area contributed by atoms with Gasteiger partial charge in [0.25, 0.3) is 0 Å². The van der Waals surface area contributed by atoms with Crippen molar-refractivity contribution in [2.75, 3.05) is 11.9 Å². The molecule has 1 heterocycles. The van der Waals surface area contributed by atoms with E-state index in [1.807, 2.05) is 18.2 Å². The van der Waals surface area contributed by atoms with E-state index in [1.165, 1.54) is 10.9 Å². The van der Waals surface area contributed by atoms with Crippen molar-refractivity contribution in [1.29, 1.82) is 0 Å². The summed E-state index contributed by atoms with van der Waals surface area (Å²) >= 11 is 0. The molecule has 3 rings (SSSR count). The number of pyridine rings is 1. The fraction of sp³-hybridized carbons (Fsp3) is 0.167. The highest BCUT2D eigenvalue weighted by Gasteiger charge is 2.12. The van der Waals surface area contributed by atoms with Gasteiger partial charge in [0.05, 0.1) is 5.69 Å². The van der Waals surface area contributed by atoms with Gasteiger partial charge in [-0.05, 0) is 30.0 Å². The van der Waals surface area contributed by atoms with Crippen LogP contribution in [0.2, 0.25) is 0 Å². The lowest BCUT2D eigenvalue weighted by molar-refractivity contribution is 0.982. The van der Waals surface area contributed by atoms with Crippen LogP contribution in [0.3, 0.4) is 0 Å². The van der Waals surface area contributed by atoms with Crippen LogP contribution in [0.15, 0.2) is 54.6 Å². The van der Waals surface area contributed by atoms with Gasteiger partial charge >= 0.3 is 0 Å². The van der Waals surface area contributed by atoms with Crippen molar-refractivity contribution in [1.82, 2.24) is 4.98 Å². The highest BCUT2D eigenvalue weighted by molar-refractivity contribution is 5.94. The summed E-state index contributed by atoms with van der Waals surface area (Å²) in [5.74, 6) is 0.947. The van der Waals surface area contributed by atoms with Crippen LogP contribution in [0.25, 0.3) is 10.8 Å². The molecule has 3 heteroatoms. The number of nitrogens with two attached hydrogens (primary N) is 1. The van der Waals surface area contributed by atoms with Crippen molar-refractivity contribution in [2.45, 2.75) is 13.5 Å². The molecule has 0 fully saturated rings. The minimum atomic E-state index is 0.444. The summed E-state index contributed by atoms with van der Waals surface area (Å²) in [4.78, 5) is 6.87. The first kappa shape index (κ1) is 13.6.